The van der Waals surface area contributed by atoms with Crippen molar-refractivity contribution in [1.29, 1.82) is 0 Å². The van der Waals surface area contributed by atoms with Crippen molar-refractivity contribution < 1.29 is 13.7 Å². The number of nitrogens with zero attached hydrogens (tertiary/aromatic N) is 5. The Hall–Kier alpha value is -4.12. The molecule has 0 bridgehead atoms. The lowest BCUT2D eigenvalue weighted by molar-refractivity contribution is 0.158. The molecule has 0 aliphatic rings. The summed E-state index contributed by atoms with van der Waals surface area (Å²) in [5.41, 5.74) is 9.53. The molecule has 2 aromatic heterocycles. The van der Waals surface area contributed by atoms with E-state index < -0.39 is 5.82 Å². The summed E-state index contributed by atoms with van der Waals surface area (Å²) in [5, 5.41) is 5.26. The van der Waals surface area contributed by atoms with Crippen molar-refractivity contribution in [2.24, 2.45) is 11.6 Å². The number of hydrogen-bond acceptors (Lipinski definition) is 9. The molecule has 186 valence electrons. The van der Waals surface area contributed by atoms with Crippen LogP contribution in [-0.2, 0) is 11.3 Å². The molecule has 0 saturated carbocycles. The number of ether oxygens (including phenoxy) is 1. The van der Waals surface area contributed by atoms with Crippen molar-refractivity contribution >= 4 is 17.1 Å². The molecule has 0 amide bonds. The Morgan fingerprint density at radius 3 is 2.47 bits per heavy atom. The van der Waals surface area contributed by atoms with Gasteiger partial charge in [-0.3, -0.25) is 14.9 Å². The van der Waals surface area contributed by atoms with Crippen LogP contribution in [0.3, 0.4) is 0 Å². The molecule has 0 aliphatic heterocycles. The van der Waals surface area contributed by atoms with Crippen LogP contribution in [0.1, 0.15) is 17.0 Å². The summed E-state index contributed by atoms with van der Waals surface area (Å²) in [6, 6.07) is 17.4. The summed E-state index contributed by atoms with van der Waals surface area (Å²) in [4.78, 5) is 10.7. The number of rotatable bonds is 10. The van der Waals surface area contributed by atoms with Crippen molar-refractivity contribution in [2.45, 2.75) is 6.54 Å². The maximum atomic E-state index is 14.5. The zero-order chi connectivity index (χ0) is 25.5. The molecule has 0 atom stereocenters. The summed E-state index contributed by atoms with van der Waals surface area (Å²) in [7, 11) is 3.73. The molecule has 0 spiro atoms. The van der Waals surface area contributed by atoms with Crippen LogP contribution in [0.5, 0.6) is 0 Å². The van der Waals surface area contributed by atoms with Gasteiger partial charge in [0.2, 0.25) is 5.82 Å². The summed E-state index contributed by atoms with van der Waals surface area (Å²) in [6.45, 7) is 2.30. The Kier molecular flexibility index (Phi) is 8.01. The fraction of sp³-hybridized carbons (Fsp3) is 0.192. The highest BCUT2D eigenvalue weighted by molar-refractivity contribution is 5.93. The number of pyridine rings is 1. The van der Waals surface area contributed by atoms with Gasteiger partial charge in [-0.2, -0.15) is 4.98 Å². The van der Waals surface area contributed by atoms with Crippen LogP contribution < -0.4 is 16.6 Å². The average molecular weight is 490 g/mol. The third-order valence-corrected chi connectivity index (χ3v) is 5.56. The third kappa shape index (κ3) is 5.74. The van der Waals surface area contributed by atoms with E-state index in [0.29, 0.717) is 23.7 Å². The summed E-state index contributed by atoms with van der Waals surface area (Å²) < 4.78 is 25.1. The number of para-hydroxylation sites is 1. The molecule has 4 N–H and O–H groups in total. The van der Waals surface area contributed by atoms with E-state index in [0.717, 1.165) is 24.2 Å². The molecule has 0 radical (unpaired) electrons. The number of benzene rings is 2. The van der Waals surface area contributed by atoms with Crippen molar-refractivity contribution in [3.05, 3.63) is 95.9 Å². The number of aromatic nitrogens is 3. The van der Waals surface area contributed by atoms with Crippen LogP contribution in [0.4, 0.5) is 10.1 Å². The average Bonchev–Trinajstić information content (AvgIpc) is 3.39. The zero-order valence-electron chi connectivity index (χ0n) is 20.1. The predicted molar refractivity (Wildman–Crippen MR) is 136 cm³/mol. The van der Waals surface area contributed by atoms with Crippen LogP contribution in [-0.4, -0.2) is 47.3 Å². The number of hydrazine groups is 1. The first-order chi connectivity index (χ1) is 17.5. The molecular weight excluding hydrogens is 461 g/mol. The maximum Gasteiger partial charge on any atom is 0.276 e. The van der Waals surface area contributed by atoms with Crippen molar-refractivity contribution in [2.75, 3.05) is 32.3 Å². The van der Waals surface area contributed by atoms with Gasteiger partial charge >= 0.3 is 0 Å². The van der Waals surface area contributed by atoms with E-state index in [4.69, 9.17) is 20.8 Å². The first kappa shape index (κ1) is 25.0. The zero-order valence-corrected chi connectivity index (χ0v) is 20.1. The van der Waals surface area contributed by atoms with Gasteiger partial charge in [-0.05, 0) is 36.9 Å². The van der Waals surface area contributed by atoms with Crippen LogP contribution in [0.15, 0.2) is 77.6 Å². The molecule has 2 aromatic carbocycles. The SMILES string of the molecule is COCCN(C)Cc1ccc(-c2noc(/C(N)=C(\c3ccncc3)N(N)c3ccccc3F)n2)cc1. The first-order valence-electron chi connectivity index (χ1n) is 11.3. The molecule has 0 saturated heterocycles. The summed E-state index contributed by atoms with van der Waals surface area (Å²) in [5.74, 6) is 6.28. The number of methoxy groups -OCH3 is 1. The second-order valence-corrected chi connectivity index (χ2v) is 8.17. The smallest absolute Gasteiger partial charge is 0.276 e. The molecule has 4 rings (SSSR count). The number of nitrogens with two attached hydrogens (primary N) is 2. The van der Waals surface area contributed by atoms with Gasteiger partial charge in [0.15, 0.2) is 0 Å². The van der Waals surface area contributed by atoms with Gasteiger partial charge in [0, 0.05) is 43.7 Å². The number of halogens is 1. The van der Waals surface area contributed by atoms with Crippen molar-refractivity contribution in [3.8, 4) is 11.4 Å². The Balaban J connectivity index is 1.64. The topological polar surface area (TPSA) is 120 Å². The van der Waals surface area contributed by atoms with E-state index >= 15 is 0 Å². The Morgan fingerprint density at radius 2 is 1.78 bits per heavy atom. The van der Waals surface area contributed by atoms with E-state index in [-0.39, 0.29) is 17.3 Å². The number of anilines is 1. The van der Waals surface area contributed by atoms with E-state index in [1.807, 2.05) is 31.3 Å². The van der Waals surface area contributed by atoms with Crippen LogP contribution in [0.25, 0.3) is 22.8 Å². The maximum absolute atomic E-state index is 14.5. The lowest BCUT2D eigenvalue weighted by Crippen LogP contribution is -2.32. The Morgan fingerprint density at radius 1 is 1.06 bits per heavy atom. The first-order valence-corrected chi connectivity index (χ1v) is 11.3. The molecule has 2 heterocycles. The van der Waals surface area contributed by atoms with E-state index in [1.54, 1.807) is 49.8 Å². The second-order valence-electron chi connectivity index (χ2n) is 8.17. The predicted octanol–water partition coefficient (Wildman–Crippen LogP) is 3.51. The minimum Gasteiger partial charge on any atom is -0.392 e. The normalized spacial score (nSPS) is 12.0. The van der Waals surface area contributed by atoms with Gasteiger partial charge < -0.3 is 15.0 Å². The highest BCUT2D eigenvalue weighted by atomic mass is 19.1. The summed E-state index contributed by atoms with van der Waals surface area (Å²) >= 11 is 0. The van der Waals surface area contributed by atoms with Crippen molar-refractivity contribution in [3.63, 3.8) is 0 Å². The molecule has 36 heavy (non-hydrogen) atoms. The molecule has 4 aromatic rings. The van der Waals surface area contributed by atoms with Gasteiger partial charge in [-0.15, -0.1) is 0 Å². The van der Waals surface area contributed by atoms with Crippen LogP contribution in [0, 0.1) is 5.82 Å². The standard InChI is InChI=1S/C26H28FN7O2/c1-33(15-16-35-2)17-18-7-9-20(10-8-18)25-31-26(36-32-25)23(28)24(19-11-13-30-14-12-19)34(29)22-6-4-3-5-21(22)27/h3-14H,15-17,28-29H2,1-2H3/b24-23-. The second kappa shape index (κ2) is 11.5. The van der Waals surface area contributed by atoms with Gasteiger partial charge in [-0.25, -0.2) is 10.2 Å². The van der Waals surface area contributed by atoms with Gasteiger partial charge in [0.05, 0.1) is 18.0 Å². The molecule has 0 aliphatic carbocycles. The van der Waals surface area contributed by atoms with Gasteiger partial charge in [-0.1, -0.05) is 41.6 Å². The molecule has 10 heteroatoms. The lowest BCUT2D eigenvalue weighted by Gasteiger charge is -2.23. The highest BCUT2D eigenvalue weighted by Crippen LogP contribution is 2.30. The summed E-state index contributed by atoms with van der Waals surface area (Å²) in [6.07, 6.45) is 3.18. The molecule has 9 nitrogen and oxygen atoms in total. The highest BCUT2D eigenvalue weighted by Gasteiger charge is 2.22. The van der Waals surface area contributed by atoms with Gasteiger partial charge in [0.1, 0.15) is 11.5 Å². The molecule has 0 unspecified atom stereocenters. The minimum atomic E-state index is -0.501. The Bertz CT molecular complexity index is 1310. The number of likely N-dealkylation sites (N-methyl/N-ethyl adjacent to an activating group) is 1. The minimum absolute atomic E-state index is 0.0620. The van der Waals surface area contributed by atoms with Crippen LogP contribution >= 0.6 is 0 Å². The number of hydrogen-bond donors (Lipinski definition) is 2. The van der Waals surface area contributed by atoms with E-state index in [9.17, 15) is 4.39 Å². The largest absolute Gasteiger partial charge is 0.392 e. The molecule has 0 fully saturated rings. The Labute approximate surface area is 208 Å². The third-order valence-electron chi connectivity index (χ3n) is 5.56. The fourth-order valence-electron chi connectivity index (χ4n) is 3.65. The van der Waals surface area contributed by atoms with Crippen LogP contribution in [0.2, 0.25) is 0 Å². The monoisotopic (exact) mass is 489 g/mol. The lowest BCUT2D eigenvalue weighted by atomic mass is 10.1. The van der Waals surface area contributed by atoms with Crippen molar-refractivity contribution in [1.82, 2.24) is 20.0 Å². The quantitative estimate of drug-likeness (QED) is 0.255. The fourth-order valence-corrected chi connectivity index (χ4v) is 3.65. The van der Waals surface area contributed by atoms with Gasteiger partial charge in [0.25, 0.3) is 5.89 Å². The van der Waals surface area contributed by atoms with E-state index in [1.165, 1.54) is 11.1 Å². The van der Waals surface area contributed by atoms with E-state index in [2.05, 4.69) is 20.0 Å². The molecular formula is C26H28FN7O2.